The highest BCUT2D eigenvalue weighted by molar-refractivity contribution is 7.89. The van der Waals surface area contributed by atoms with Gasteiger partial charge in [0.25, 0.3) is 10.0 Å². The Hall–Kier alpha value is -0.990. The highest BCUT2D eigenvalue weighted by Crippen LogP contribution is 2.01. The summed E-state index contributed by atoms with van der Waals surface area (Å²) in [5.41, 5.74) is 5.22. The van der Waals surface area contributed by atoms with Crippen LogP contribution in [0.5, 0.6) is 0 Å². The highest BCUT2D eigenvalue weighted by atomic mass is 32.2. The summed E-state index contributed by atoms with van der Waals surface area (Å²) >= 11 is 4.61. The summed E-state index contributed by atoms with van der Waals surface area (Å²) < 4.78 is 25.1. The standard InChI is InChI=1S/C6H10N4O2S2/c7-5(13)1-2-10-14(11,12)6-3-8-4-9-6/h3-4,10H,1-2H2,(H2,7,13)(H,8,9). The number of hydrogen-bond donors (Lipinski definition) is 3. The van der Waals surface area contributed by atoms with Crippen molar-refractivity contribution in [2.24, 2.45) is 5.73 Å². The monoisotopic (exact) mass is 234 g/mol. The Kier molecular flexibility index (Phi) is 3.55. The number of aromatic amines is 1. The van der Waals surface area contributed by atoms with Gasteiger partial charge in [-0.2, -0.15) is 0 Å². The van der Waals surface area contributed by atoms with Crippen LogP contribution >= 0.6 is 12.2 Å². The smallest absolute Gasteiger partial charge is 0.257 e. The maximum absolute atomic E-state index is 11.4. The van der Waals surface area contributed by atoms with Crippen LogP contribution in [0.4, 0.5) is 0 Å². The van der Waals surface area contributed by atoms with E-state index in [1.165, 1.54) is 12.5 Å². The van der Waals surface area contributed by atoms with Crippen LogP contribution in [0.15, 0.2) is 17.6 Å². The third-order valence-corrected chi connectivity index (χ3v) is 3.02. The lowest BCUT2D eigenvalue weighted by atomic mass is 10.4. The molecule has 0 spiro atoms. The van der Waals surface area contributed by atoms with Gasteiger partial charge in [-0.3, -0.25) is 0 Å². The Labute approximate surface area is 87.0 Å². The van der Waals surface area contributed by atoms with E-state index in [0.29, 0.717) is 6.42 Å². The molecule has 0 fully saturated rings. The number of thiocarbonyl (C=S) groups is 1. The predicted octanol–water partition coefficient (Wildman–Crippen LogP) is -0.636. The van der Waals surface area contributed by atoms with Gasteiger partial charge < -0.3 is 10.7 Å². The minimum absolute atomic E-state index is 0.0282. The second-order valence-corrected chi connectivity index (χ2v) is 4.79. The normalized spacial score (nSPS) is 11.4. The van der Waals surface area contributed by atoms with Gasteiger partial charge in [0, 0.05) is 13.0 Å². The summed E-state index contributed by atoms with van der Waals surface area (Å²) in [5.74, 6) is 0. The number of H-pyrrole nitrogens is 1. The van der Waals surface area contributed by atoms with Crippen LogP contribution in [-0.2, 0) is 10.0 Å². The summed E-state index contributed by atoms with van der Waals surface area (Å²) in [5, 5.41) is 0.0282. The van der Waals surface area contributed by atoms with Gasteiger partial charge in [-0.25, -0.2) is 18.1 Å². The summed E-state index contributed by atoms with van der Waals surface area (Å²) in [6, 6.07) is 0. The molecule has 0 atom stereocenters. The van der Waals surface area contributed by atoms with E-state index in [1.54, 1.807) is 0 Å². The molecule has 4 N–H and O–H groups in total. The second-order valence-electron chi connectivity index (χ2n) is 2.53. The van der Waals surface area contributed by atoms with Crippen LogP contribution in [0.3, 0.4) is 0 Å². The summed E-state index contributed by atoms with van der Waals surface area (Å²) in [7, 11) is -3.50. The first-order valence-electron chi connectivity index (χ1n) is 3.79. The van der Waals surface area contributed by atoms with E-state index in [2.05, 4.69) is 26.9 Å². The van der Waals surface area contributed by atoms with E-state index in [9.17, 15) is 8.42 Å². The zero-order valence-corrected chi connectivity index (χ0v) is 8.86. The van der Waals surface area contributed by atoms with E-state index in [-0.39, 0.29) is 16.6 Å². The molecule has 1 rings (SSSR count). The Morgan fingerprint density at radius 1 is 1.71 bits per heavy atom. The number of nitrogens with zero attached hydrogens (tertiary/aromatic N) is 1. The van der Waals surface area contributed by atoms with Crippen molar-refractivity contribution < 1.29 is 8.42 Å². The first-order chi connectivity index (χ1) is 6.52. The van der Waals surface area contributed by atoms with Crippen molar-refractivity contribution in [2.75, 3.05) is 6.54 Å². The van der Waals surface area contributed by atoms with E-state index >= 15 is 0 Å². The molecule has 0 aliphatic carbocycles. The largest absolute Gasteiger partial charge is 0.393 e. The minimum atomic E-state index is -3.50. The fraction of sp³-hybridized carbons (Fsp3) is 0.333. The van der Waals surface area contributed by atoms with Crippen LogP contribution < -0.4 is 10.5 Å². The van der Waals surface area contributed by atoms with Gasteiger partial charge in [0.2, 0.25) is 0 Å². The summed E-state index contributed by atoms with van der Waals surface area (Å²) in [6.45, 7) is 0.191. The molecule has 1 aromatic heterocycles. The van der Waals surface area contributed by atoms with E-state index in [1.807, 2.05) is 0 Å². The quantitative estimate of drug-likeness (QED) is 0.589. The highest BCUT2D eigenvalue weighted by Gasteiger charge is 2.14. The van der Waals surface area contributed by atoms with Gasteiger partial charge in [0.15, 0.2) is 5.03 Å². The number of nitrogens with two attached hydrogens (primary N) is 1. The third-order valence-electron chi connectivity index (χ3n) is 1.43. The van der Waals surface area contributed by atoms with Crippen molar-refractivity contribution in [1.82, 2.24) is 14.7 Å². The third kappa shape index (κ3) is 3.05. The van der Waals surface area contributed by atoms with Crippen molar-refractivity contribution in [1.29, 1.82) is 0 Å². The summed E-state index contributed by atoms with van der Waals surface area (Å²) in [4.78, 5) is 6.37. The molecule has 1 heterocycles. The van der Waals surface area contributed by atoms with Crippen LogP contribution in [0.25, 0.3) is 0 Å². The molecule has 0 aliphatic rings. The molecule has 0 aliphatic heterocycles. The maximum atomic E-state index is 11.4. The van der Waals surface area contributed by atoms with E-state index < -0.39 is 10.0 Å². The molecule has 0 saturated heterocycles. The lowest BCUT2D eigenvalue weighted by Crippen LogP contribution is -2.27. The molecule has 0 radical (unpaired) electrons. The van der Waals surface area contributed by atoms with Crippen molar-refractivity contribution >= 4 is 27.2 Å². The molecule has 14 heavy (non-hydrogen) atoms. The fourth-order valence-electron chi connectivity index (χ4n) is 0.776. The van der Waals surface area contributed by atoms with Gasteiger partial charge in [0.1, 0.15) is 0 Å². The molecular weight excluding hydrogens is 224 g/mol. The van der Waals surface area contributed by atoms with Crippen molar-refractivity contribution in [2.45, 2.75) is 11.4 Å². The molecule has 0 bridgehead atoms. The van der Waals surface area contributed by atoms with Gasteiger partial charge in [-0.1, -0.05) is 12.2 Å². The number of sulfonamides is 1. The van der Waals surface area contributed by atoms with Crippen LogP contribution in [0.2, 0.25) is 0 Å². The molecule has 0 aromatic carbocycles. The van der Waals surface area contributed by atoms with Gasteiger partial charge in [0.05, 0.1) is 17.5 Å². The Balaban J connectivity index is 2.56. The molecule has 0 unspecified atom stereocenters. The van der Waals surface area contributed by atoms with E-state index in [0.717, 1.165) is 0 Å². The van der Waals surface area contributed by atoms with Crippen LogP contribution in [0, 0.1) is 0 Å². The first kappa shape index (κ1) is 11.1. The van der Waals surface area contributed by atoms with Crippen molar-refractivity contribution in [3.05, 3.63) is 12.5 Å². The van der Waals surface area contributed by atoms with Crippen LogP contribution in [0.1, 0.15) is 6.42 Å². The SMILES string of the molecule is NC(=S)CCNS(=O)(=O)c1cnc[nH]1. The minimum Gasteiger partial charge on any atom is -0.393 e. The number of hydrogen-bond acceptors (Lipinski definition) is 4. The molecular formula is C6H10N4O2S2. The molecule has 1 aromatic rings. The van der Waals surface area contributed by atoms with Crippen molar-refractivity contribution in [3.63, 3.8) is 0 Å². The molecule has 78 valence electrons. The average Bonchev–Trinajstić information content (AvgIpc) is 2.54. The molecule has 6 nitrogen and oxygen atoms in total. The lowest BCUT2D eigenvalue weighted by molar-refractivity contribution is 0.579. The lowest BCUT2D eigenvalue weighted by Gasteiger charge is -2.02. The average molecular weight is 234 g/mol. The first-order valence-corrected chi connectivity index (χ1v) is 5.68. The topological polar surface area (TPSA) is 101 Å². The number of rotatable bonds is 5. The second kappa shape index (κ2) is 4.49. The van der Waals surface area contributed by atoms with E-state index in [4.69, 9.17) is 5.73 Å². The Morgan fingerprint density at radius 2 is 2.43 bits per heavy atom. The summed E-state index contributed by atoms with van der Waals surface area (Å²) in [6.07, 6.45) is 2.86. The zero-order chi connectivity index (χ0) is 10.6. The molecule has 8 heteroatoms. The van der Waals surface area contributed by atoms with Gasteiger partial charge in [-0.15, -0.1) is 0 Å². The molecule has 0 saturated carbocycles. The zero-order valence-electron chi connectivity index (χ0n) is 7.23. The Bertz CT molecular complexity index is 397. The van der Waals surface area contributed by atoms with Crippen LogP contribution in [-0.4, -0.2) is 29.9 Å². The maximum Gasteiger partial charge on any atom is 0.257 e. The van der Waals surface area contributed by atoms with Gasteiger partial charge >= 0.3 is 0 Å². The predicted molar refractivity (Wildman–Crippen MR) is 55.2 cm³/mol. The van der Waals surface area contributed by atoms with Gasteiger partial charge in [-0.05, 0) is 0 Å². The molecule has 0 amide bonds. The number of imidazole rings is 1. The number of nitrogens with one attached hydrogen (secondary N) is 2. The Morgan fingerprint density at radius 3 is 2.93 bits per heavy atom. The number of aromatic nitrogens is 2. The fourth-order valence-corrected chi connectivity index (χ4v) is 1.81. The van der Waals surface area contributed by atoms with Crippen molar-refractivity contribution in [3.8, 4) is 0 Å².